The molecule has 0 unspecified atom stereocenters. The summed E-state index contributed by atoms with van der Waals surface area (Å²) in [5.74, 6) is -0.0785. The van der Waals surface area contributed by atoms with Gasteiger partial charge >= 0.3 is 0 Å². The van der Waals surface area contributed by atoms with E-state index in [0.717, 1.165) is 33.1 Å². The maximum Gasteiger partial charge on any atom is 0.265 e. The van der Waals surface area contributed by atoms with Crippen LogP contribution in [0.4, 0.5) is 5.69 Å². The molecule has 0 saturated carbocycles. The highest BCUT2D eigenvalue weighted by Crippen LogP contribution is 2.26. The third-order valence-corrected chi connectivity index (χ3v) is 5.94. The Balaban J connectivity index is 1.47. The van der Waals surface area contributed by atoms with Gasteiger partial charge < -0.3 is 5.32 Å². The standard InChI is InChI=1S/C24H23N3OS/c1-16-13-20(19-7-5-4-6-8-19)9-11-22(16)25-24(28)23-12-10-21(29-23)15-27-18(3)14-17(2)26-27/h4-14H,15H2,1-3H3,(H,25,28). The second-order valence-corrected chi connectivity index (χ2v) is 8.37. The average Bonchev–Trinajstić information content (AvgIpc) is 3.30. The number of amides is 1. The van der Waals surface area contributed by atoms with Crippen molar-refractivity contribution in [1.82, 2.24) is 9.78 Å². The molecule has 4 aromatic rings. The van der Waals surface area contributed by atoms with Crippen molar-refractivity contribution in [3.8, 4) is 11.1 Å². The van der Waals surface area contributed by atoms with Crippen LogP contribution in [0.15, 0.2) is 66.7 Å². The number of hydrogen-bond acceptors (Lipinski definition) is 3. The summed E-state index contributed by atoms with van der Waals surface area (Å²) in [6.07, 6.45) is 0. The van der Waals surface area contributed by atoms with E-state index in [2.05, 4.69) is 34.7 Å². The van der Waals surface area contributed by atoms with Crippen LogP contribution in [-0.2, 0) is 6.54 Å². The Morgan fingerprint density at radius 3 is 2.45 bits per heavy atom. The van der Waals surface area contributed by atoms with Crippen molar-refractivity contribution in [2.24, 2.45) is 0 Å². The predicted octanol–water partition coefficient (Wildman–Crippen LogP) is 5.84. The van der Waals surface area contributed by atoms with E-state index >= 15 is 0 Å². The Bertz CT molecular complexity index is 1160. The monoisotopic (exact) mass is 401 g/mol. The number of nitrogens with one attached hydrogen (secondary N) is 1. The van der Waals surface area contributed by atoms with Gasteiger partial charge in [-0.2, -0.15) is 5.10 Å². The Labute approximate surface area is 174 Å². The van der Waals surface area contributed by atoms with Crippen molar-refractivity contribution in [2.45, 2.75) is 27.3 Å². The van der Waals surface area contributed by atoms with E-state index in [9.17, 15) is 4.79 Å². The van der Waals surface area contributed by atoms with E-state index in [4.69, 9.17) is 0 Å². The van der Waals surface area contributed by atoms with Gasteiger partial charge in [0.1, 0.15) is 0 Å². The molecular formula is C24H23N3OS. The molecule has 4 rings (SSSR count). The van der Waals surface area contributed by atoms with Gasteiger partial charge in [0.2, 0.25) is 0 Å². The Kier molecular flexibility index (Phi) is 5.32. The highest BCUT2D eigenvalue weighted by molar-refractivity contribution is 7.14. The van der Waals surface area contributed by atoms with Gasteiger partial charge in [-0.1, -0.05) is 36.4 Å². The SMILES string of the molecule is Cc1cc(C)n(Cc2ccc(C(=O)Nc3ccc(-c4ccccc4)cc3C)s2)n1. The van der Waals surface area contributed by atoms with Gasteiger partial charge in [0.15, 0.2) is 0 Å². The van der Waals surface area contributed by atoms with Crippen molar-refractivity contribution < 1.29 is 4.79 Å². The Morgan fingerprint density at radius 2 is 1.76 bits per heavy atom. The van der Waals surface area contributed by atoms with Gasteiger partial charge in [0.25, 0.3) is 5.91 Å². The summed E-state index contributed by atoms with van der Waals surface area (Å²) in [6, 6.07) is 22.3. The first kappa shape index (κ1) is 19.2. The minimum Gasteiger partial charge on any atom is -0.321 e. The van der Waals surface area contributed by atoms with Crippen LogP contribution in [0.5, 0.6) is 0 Å². The Morgan fingerprint density at radius 1 is 0.966 bits per heavy atom. The molecule has 0 radical (unpaired) electrons. The van der Waals surface area contributed by atoms with Gasteiger partial charge in [-0.15, -0.1) is 11.3 Å². The van der Waals surface area contributed by atoms with E-state index < -0.39 is 0 Å². The number of rotatable bonds is 5. The highest BCUT2D eigenvalue weighted by Gasteiger charge is 2.12. The van der Waals surface area contributed by atoms with Crippen molar-refractivity contribution in [1.29, 1.82) is 0 Å². The fourth-order valence-electron chi connectivity index (χ4n) is 3.37. The second kappa shape index (κ2) is 8.05. The summed E-state index contributed by atoms with van der Waals surface area (Å²) in [6.45, 7) is 6.73. The lowest BCUT2D eigenvalue weighted by atomic mass is 10.0. The maximum atomic E-state index is 12.7. The lowest BCUT2D eigenvalue weighted by molar-refractivity contribution is 0.103. The second-order valence-electron chi connectivity index (χ2n) is 7.20. The molecule has 4 nitrogen and oxygen atoms in total. The number of aromatic nitrogens is 2. The molecule has 2 heterocycles. The van der Waals surface area contributed by atoms with Crippen molar-refractivity contribution in [3.63, 3.8) is 0 Å². The van der Waals surface area contributed by atoms with E-state index in [1.54, 1.807) is 0 Å². The van der Waals surface area contributed by atoms with Crippen LogP contribution in [0.2, 0.25) is 0 Å². The molecule has 146 valence electrons. The number of benzene rings is 2. The van der Waals surface area contributed by atoms with Crippen LogP contribution in [0, 0.1) is 20.8 Å². The summed E-state index contributed by atoms with van der Waals surface area (Å²) in [4.78, 5) is 14.5. The minimum atomic E-state index is -0.0785. The first-order chi connectivity index (χ1) is 14.0. The topological polar surface area (TPSA) is 46.9 Å². The lowest BCUT2D eigenvalue weighted by Gasteiger charge is -2.10. The third kappa shape index (κ3) is 4.30. The number of carbonyl (C=O) groups excluding carboxylic acids is 1. The molecule has 0 aliphatic rings. The zero-order chi connectivity index (χ0) is 20.4. The largest absolute Gasteiger partial charge is 0.321 e. The lowest BCUT2D eigenvalue weighted by Crippen LogP contribution is -2.11. The van der Waals surface area contributed by atoms with Crippen LogP contribution in [0.3, 0.4) is 0 Å². The van der Waals surface area contributed by atoms with Crippen LogP contribution in [0.1, 0.15) is 31.5 Å². The van der Waals surface area contributed by atoms with Gasteiger partial charge in [0.05, 0.1) is 17.1 Å². The van der Waals surface area contributed by atoms with Crippen molar-refractivity contribution in [2.75, 3.05) is 5.32 Å². The molecule has 0 spiro atoms. The molecule has 1 N–H and O–H groups in total. The molecular weight excluding hydrogens is 378 g/mol. The summed E-state index contributed by atoms with van der Waals surface area (Å²) >= 11 is 1.51. The van der Waals surface area contributed by atoms with Crippen molar-refractivity contribution >= 4 is 22.9 Å². The van der Waals surface area contributed by atoms with E-state index in [0.29, 0.717) is 11.4 Å². The van der Waals surface area contributed by atoms with Crippen LogP contribution >= 0.6 is 11.3 Å². The number of thiophene rings is 1. The molecule has 0 aliphatic heterocycles. The fourth-order valence-corrected chi connectivity index (χ4v) is 4.25. The molecule has 29 heavy (non-hydrogen) atoms. The number of nitrogens with zero attached hydrogens (tertiary/aromatic N) is 2. The number of carbonyl (C=O) groups is 1. The molecule has 0 aliphatic carbocycles. The molecule has 0 saturated heterocycles. The van der Waals surface area contributed by atoms with E-state index in [1.165, 1.54) is 16.9 Å². The van der Waals surface area contributed by atoms with E-state index in [1.807, 2.05) is 67.9 Å². The highest BCUT2D eigenvalue weighted by atomic mass is 32.1. The number of hydrogen-bond donors (Lipinski definition) is 1. The summed E-state index contributed by atoms with van der Waals surface area (Å²) < 4.78 is 1.97. The Hall–Kier alpha value is -3.18. The zero-order valence-electron chi connectivity index (χ0n) is 16.8. The summed E-state index contributed by atoms with van der Waals surface area (Å²) in [5.41, 5.74) is 6.31. The molecule has 2 aromatic carbocycles. The normalized spacial score (nSPS) is 10.9. The van der Waals surface area contributed by atoms with Gasteiger partial charge in [0, 0.05) is 16.3 Å². The molecule has 5 heteroatoms. The van der Waals surface area contributed by atoms with Gasteiger partial charge in [-0.05, 0) is 67.8 Å². The van der Waals surface area contributed by atoms with Gasteiger partial charge in [-0.3, -0.25) is 9.48 Å². The molecule has 0 fully saturated rings. The molecule has 2 aromatic heterocycles. The smallest absolute Gasteiger partial charge is 0.265 e. The minimum absolute atomic E-state index is 0.0785. The van der Waals surface area contributed by atoms with Crippen LogP contribution in [-0.4, -0.2) is 15.7 Å². The zero-order valence-corrected chi connectivity index (χ0v) is 17.6. The fraction of sp³-hybridized carbons (Fsp3) is 0.167. The van der Waals surface area contributed by atoms with Gasteiger partial charge in [-0.25, -0.2) is 0 Å². The molecule has 1 amide bonds. The van der Waals surface area contributed by atoms with Crippen LogP contribution < -0.4 is 5.32 Å². The number of anilines is 1. The third-order valence-electron chi connectivity index (χ3n) is 4.88. The summed E-state index contributed by atoms with van der Waals surface area (Å²) in [5, 5.41) is 7.54. The average molecular weight is 402 g/mol. The van der Waals surface area contributed by atoms with E-state index in [-0.39, 0.29) is 5.91 Å². The number of aryl methyl sites for hydroxylation is 3. The van der Waals surface area contributed by atoms with Crippen LogP contribution in [0.25, 0.3) is 11.1 Å². The molecule has 0 bridgehead atoms. The first-order valence-corrected chi connectivity index (χ1v) is 10.4. The predicted molar refractivity (Wildman–Crippen MR) is 120 cm³/mol. The summed E-state index contributed by atoms with van der Waals surface area (Å²) in [7, 11) is 0. The first-order valence-electron chi connectivity index (χ1n) is 9.57. The quantitative estimate of drug-likeness (QED) is 0.457. The molecule has 0 atom stereocenters. The van der Waals surface area contributed by atoms with Crippen molar-refractivity contribution in [3.05, 3.63) is 93.4 Å². The maximum absolute atomic E-state index is 12.7.